The van der Waals surface area contributed by atoms with Crippen molar-refractivity contribution in [2.75, 3.05) is 4.90 Å². The predicted octanol–water partition coefficient (Wildman–Crippen LogP) is 5.29. The number of para-hydroxylation sites is 1. The fourth-order valence-electron chi connectivity index (χ4n) is 4.34. The van der Waals surface area contributed by atoms with Gasteiger partial charge in [0.25, 0.3) is 11.8 Å². The summed E-state index contributed by atoms with van der Waals surface area (Å²) in [5, 5.41) is 7.95. The number of hydrogen-bond donors (Lipinski definition) is 0. The molecule has 1 aromatic heterocycles. The molecule has 0 N–H and O–H groups in total. The molecule has 5 nitrogen and oxygen atoms in total. The van der Waals surface area contributed by atoms with Gasteiger partial charge in [-0.3, -0.25) is 4.79 Å². The van der Waals surface area contributed by atoms with Gasteiger partial charge in [-0.2, -0.15) is 0 Å². The number of benzene rings is 2. The summed E-state index contributed by atoms with van der Waals surface area (Å²) in [5.41, 5.74) is 1.45. The largest absolute Gasteiger partial charge is 0.320 e. The maximum atomic E-state index is 13.6. The summed E-state index contributed by atoms with van der Waals surface area (Å²) >= 11 is 0. The van der Waals surface area contributed by atoms with Gasteiger partial charge in [0, 0.05) is 36.7 Å². The van der Waals surface area contributed by atoms with Crippen molar-refractivity contribution in [2.45, 2.75) is 45.1 Å². The Labute approximate surface area is 180 Å². The molecule has 1 saturated carbocycles. The van der Waals surface area contributed by atoms with Crippen LogP contribution < -0.4 is 4.90 Å². The highest BCUT2D eigenvalue weighted by Crippen LogP contribution is 2.40. The molecule has 2 aromatic carbocycles. The highest BCUT2D eigenvalue weighted by atomic mass is 19.3. The van der Waals surface area contributed by atoms with E-state index in [2.05, 4.69) is 17.1 Å². The average Bonchev–Trinajstić information content (AvgIpc) is 3.29. The van der Waals surface area contributed by atoms with Crippen LogP contribution in [0.3, 0.4) is 0 Å². The van der Waals surface area contributed by atoms with Gasteiger partial charge in [0.1, 0.15) is 12.2 Å². The van der Waals surface area contributed by atoms with Crippen LogP contribution in [0, 0.1) is 5.92 Å². The minimum absolute atomic E-state index is 0.0678. The normalized spacial score (nSPS) is 20.0. The van der Waals surface area contributed by atoms with E-state index in [-0.39, 0.29) is 18.0 Å². The van der Waals surface area contributed by atoms with E-state index in [1.807, 2.05) is 29.8 Å². The third-order valence-electron chi connectivity index (χ3n) is 5.99. The van der Waals surface area contributed by atoms with Crippen LogP contribution in [0.25, 0.3) is 0 Å². The Balaban J connectivity index is 0.000000177. The highest BCUT2D eigenvalue weighted by molar-refractivity contribution is 6.10. The molecule has 31 heavy (non-hydrogen) atoms. The number of carbonyl (C=O) groups is 1. The second kappa shape index (κ2) is 8.21. The number of aryl methyl sites for hydroxylation is 1. The first-order valence-electron chi connectivity index (χ1n) is 10.5. The van der Waals surface area contributed by atoms with Crippen molar-refractivity contribution >= 4 is 11.6 Å². The lowest BCUT2D eigenvalue weighted by atomic mass is 9.76. The van der Waals surface area contributed by atoms with Gasteiger partial charge in [0.2, 0.25) is 0 Å². The molecule has 0 radical (unpaired) electrons. The number of carbonyl (C=O) groups excluding carboxylic acids is 1. The minimum atomic E-state index is -2.95. The molecule has 0 spiro atoms. The monoisotopic (exact) mass is 424 g/mol. The van der Waals surface area contributed by atoms with Crippen LogP contribution in [0.4, 0.5) is 14.5 Å². The van der Waals surface area contributed by atoms with Crippen molar-refractivity contribution in [3.8, 4) is 0 Å². The molecule has 3 aromatic rings. The lowest BCUT2D eigenvalue weighted by Crippen LogP contribution is -2.22. The fourth-order valence-corrected chi connectivity index (χ4v) is 4.34. The fraction of sp³-hybridized carbons (Fsp3) is 0.375. The summed E-state index contributed by atoms with van der Waals surface area (Å²) in [4.78, 5) is 13.9. The van der Waals surface area contributed by atoms with E-state index < -0.39 is 5.92 Å². The van der Waals surface area contributed by atoms with Crippen LogP contribution in [0.1, 0.15) is 59.9 Å². The zero-order valence-corrected chi connectivity index (χ0v) is 17.9. The van der Waals surface area contributed by atoms with Crippen LogP contribution in [-0.2, 0) is 19.5 Å². The van der Waals surface area contributed by atoms with E-state index in [1.54, 1.807) is 24.5 Å². The Bertz CT molecular complexity index is 1070. The van der Waals surface area contributed by atoms with Gasteiger partial charge in [-0.15, -0.1) is 10.2 Å². The quantitative estimate of drug-likeness (QED) is 0.574. The Hall–Kier alpha value is -3.09. The van der Waals surface area contributed by atoms with Crippen LogP contribution in [0.2, 0.25) is 0 Å². The molecule has 1 fully saturated rings. The number of nitrogens with zero attached hydrogens (tertiary/aromatic N) is 4. The third-order valence-corrected chi connectivity index (χ3v) is 5.99. The van der Waals surface area contributed by atoms with Gasteiger partial charge in [-0.25, -0.2) is 8.78 Å². The van der Waals surface area contributed by atoms with E-state index in [0.29, 0.717) is 17.0 Å². The molecule has 2 aliphatic rings. The topological polar surface area (TPSA) is 51.0 Å². The molecule has 1 aliphatic carbocycles. The molecule has 0 unspecified atom stereocenters. The molecular weight excluding hydrogens is 398 g/mol. The van der Waals surface area contributed by atoms with Crippen LogP contribution in [0.15, 0.2) is 54.9 Å². The van der Waals surface area contributed by atoms with Gasteiger partial charge in [0.15, 0.2) is 0 Å². The number of anilines is 1. The summed E-state index contributed by atoms with van der Waals surface area (Å²) in [7, 11) is 2.01. The Morgan fingerprint density at radius 2 is 1.77 bits per heavy atom. The van der Waals surface area contributed by atoms with Crippen molar-refractivity contribution in [2.24, 2.45) is 13.0 Å². The van der Waals surface area contributed by atoms with Gasteiger partial charge in [0.05, 0.1) is 6.54 Å². The number of alkyl halides is 2. The maximum absolute atomic E-state index is 13.6. The standard InChI is InChI=1S/C16H13F2NO.C8H13N3/c1-16(17,18)14-9-5-8-12-13(14)10-19(15(12)20)11-6-3-2-4-7-11;1-6-3-7(4-6)8-10-9-5-11(8)2/h2-9H,10H2,1H3;5-7H,3-4H2,1-2H3. The van der Waals surface area contributed by atoms with Gasteiger partial charge >= 0.3 is 0 Å². The van der Waals surface area contributed by atoms with E-state index >= 15 is 0 Å². The SMILES string of the molecule is CC(F)(F)c1cccc2c1CN(c1ccccc1)C2=O.CC1CC(c2nncn2C)C1. The van der Waals surface area contributed by atoms with Crippen molar-refractivity contribution in [1.82, 2.24) is 14.8 Å². The minimum Gasteiger partial charge on any atom is -0.320 e. The first kappa shape index (κ1) is 21.2. The third kappa shape index (κ3) is 4.22. The Kier molecular flexibility index (Phi) is 5.60. The van der Waals surface area contributed by atoms with Gasteiger partial charge in [-0.05, 0) is 42.5 Å². The number of rotatable bonds is 3. The molecule has 2 heterocycles. The number of amides is 1. The molecule has 7 heteroatoms. The first-order valence-corrected chi connectivity index (χ1v) is 10.5. The van der Waals surface area contributed by atoms with E-state index in [4.69, 9.17) is 0 Å². The highest BCUT2D eigenvalue weighted by Gasteiger charge is 2.36. The van der Waals surface area contributed by atoms with E-state index in [9.17, 15) is 13.6 Å². The van der Waals surface area contributed by atoms with E-state index in [1.165, 1.54) is 29.9 Å². The summed E-state index contributed by atoms with van der Waals surface area (Å²) in [6.45, 7) is 3.34. The smallest absolute Gasteiger partial charge is 0.270 e. The number of hydrogen-bond acceptors (Lipinski definition) is 3. The van der Waals surface area contributed by atoms with Crippen LogP contribution in [-0.4, -0.2) is 20.7 Å². The van der Waals surface area contributed by atoms with Crippen molar-refractivity contribution in [1.29, 1.82) is 0 Å². The molecule has 162 valence electrons. The first-order chi connectivity index (χ1) is 14.8. The van der Waals surface area contributed by atoms with Crippen molar-refractivity contribution in [3.63, 3.8) is 0 Å². The van der Waals surface area contributed by atoms with Crippen molar-refractivity contribution < 1.29 is 13.6 Å². The summed E-state index contributed by atoms with van der Waals surface area (Å²) in [5.74, 6) is -0.451. The number of aromatic nitrogens is 3. The molecule has 0 atom stereocenters. The van der Waals surface area contributed by atoms with Gasteiger partial charge < -0.3 is 9.47 Å². The average molecular weight is 424 g/mol. The molecule has 5 rings (SSSR count). The van der Waals surface area contributed by atoms with Crippen LogP contribution in [0.5, 0.6) is 0 Å². The molecule has 1 amide bonds. The zero-order valence-electron chi connectivity index (χ0n) is 17.9. The lowest BCUT2D eigenvalue weighted by molar-refractivity contribution is 0.0166. The molecule has 0 bridgehead atoms. The molecule has 1 aliphatic heterocycles. The van der Waals surface area contributed by atoms with E-state index in [0.717, 1.165) is 24.4 Å². The molecule has 0 saturated heterocycles. The zero-order chi connectivity index (χ0) is 22.2. The summed E-state index contributed by atoms with van der Waals surface area (Å²) in [6.07, 6.45) is 4.34. The second-order valence-electron chi connectivity index (χ2n) is 8.52. The van der Waals surface area contributed by atoms with Crippen LogP contribution >= 0.6 is 0 Å². The lowest BCUT2D eigenvalue weighted by Gasteiger charge is -2.31. The Morgan fingerprint density at radius 3 is 2.35 bits per heavy atom. The molecular formula is C24H26F2N4O. The summed E-state index contributed by atoms with van der Waals surface area (Å²) < 4.78 is 29.3. The second-order valence-corrected chi connectivity index (χ2v) is 8.52. The van der Waals surface area contributed by atoms with Gasteiger partial charge in [-0.1, -0.05) is 37.3 Å². The number of halogens is 2. The summed E-state index contributed by atoms with van der Waals surface area (Å²) in [6, 6.07) is 13.6. The maximum Gasteiger partial charge on any atom is 0.270 e. The number of fused-ring (bicyclic) bond motifs is 1. The predicted molar refractivity (Wildman–Crippen MR) is 115 cm³/mol. The Morgan fingerprint density at radius 1 is 1.06 bits per heavy atom. The van der Waals surface area contributed by atoms with Crippen molar-refractivity contribution in [3.05, 3.63) is 77.4 Å².